The van der Waals surface area contributed by atoms with Crippen LogP contribution in [0.1, 0.15) is 29.1 Å². The van der Waals surface area contributed by atoms with Gasteiger partial charge < -0.3 is 5.32 Å². The average Bonchev–Trinajstić information content (AvgIpc) is 2.88. The van der Waals surface area contributed by atoms with Crippen molar-refractivity contribution in [1.29, 1.82) is 0 Å². The van der Waals surface area contributed by atoms with Gasteiger partial charge in [0.25, 0.3) is 0 Å². The Bertz CT molecular complexity index is 852. The predicted molar refractivity (Wildman–Crippen MR) is 90.6 cm³/mol. The van der Waals surface area contributed by atoms with Crippen molar-refractivity contribution in [3.8, 4) is 0 Å². The number of hydrogen-bond donors (Lipinski definition) is 1. The van der Waals surface area contributed by atoms with Gasteiger partial charge in [-0.1, -0.05) is 18.2 Å². The lowest BCUT2D eigenvalue weighted by Gasteiger charge is -2.11. The molecule has 0 unspecified atom stereocenters. The molecule has 5 nitrogen and oxygen atoms in total. The highest BCUT2D eigenvalue weighted by molar-refractivity contribution is 5.90. The Hall–Kier alpha value is -2.69. The maximum absolute atomic E-state index is 12.1. The van der Waals surface area contributed by atoms with Crippen LogP contribution >= 0.6 is 0 Å². The molecule has 23 heavy (non-hydrogen) atoms. The molecular weight excluding hydrogens is 288 g/mol. The van der Waals surface area contributed by atoms with E-state index in [0.29, 0.717) is 12.8 Å². The van der Waals surface area contributed by atoms with Crippen LogP contribution in [0.2, 0.25) is 0 Å². The van der Waals surface area contributed by atoms with Crippen molar-refractivity contribution < 1.29 is 4.79 Å². The molecule has 1 N–H and O–H groups in total. The topological polar surface area (TPSA) is 59.3 Å². The van der Waals surface area contributed by atoms with Crippen molar-refractivity contribution in [2.24, 2.45) is 0 Å². The summed E-state index contributed by atoms with van der Waals surface area (Å²) in [7, 11) is 0. The van der Waals surface area contributed by atoms with Crippen molar-refractivity contribution >= 4 is 17.2 Å². The molecule has 2 aromatic heterocycles. The first kappa shape index (κ1) is 15.2. The monoisotopic (exact) mass is 308 g/mol. The second-order valence-corrected chi connectivity index (χ2v) is 5.73. The van der Waals surface area contributed by atoms with Gasteiger partial charge >= 0.3 is 0 Å². The number of carbonyl (C=O) groups excluding carboxylic acids is 1. The van der Waals surface area contributed by atoms with Crippen molar-refractivity contribution in [2.75, 3.05) is 5.32 Å². The number of amides is 1. The van der Waals surface area contributed by atoms with Crippen molar-refractivity contribution in [1.82, 2.24) is 14.6 Å². The summed E-state index contributed by atoms with van der Waals surface area (Å²) >= 11 is 0. The Balaban J connectivity index is 1.75. The fourth-order valence-corrected chi connectivity index (χ4v) is 2.79. The maximum Gasteiger partial charge on any atom is 0.224 e. The van der Waals surface area contributed by atoms with Gasteiger partial charge in [-0.05, 0) is 44.9 Å². The third-order valence-electron chi connectivity index (χ3n) is 3.95. The normalized spacial score (nSPS) is 10.9. The molecule has 1 aromatic carbocycles. The highest BCUT2D eigenvalue weighted by atomic mass is 16.1. The van der Waals surface area contributed by atoms with Crippen LogP contribution in [-0.4, -0.2) is 20.5 Å². The molecule has 0 atom stereocenters. The van der Waals surface area contributed by atoms with Crippen molar-refractivity contribution in [3.05, 3.63) is 59.0 Å². The van der Waals surface area contributed by atoms with Crippen LogP contribution in [-0.2, 0) is 11.2 Å². The first-order valence-electron chi connectivity index (χ1n) is 7.72. The van der Waals surface area contributed by atoms with Crippen LogP contribution in [0.5, 0.6) is 0 Å². The number of nitrogens with one attached hydrogen (secondary N) is 1. The van der Waals surface area contributed by atoms with Crippen LogP contribution in [0.4, 0.5) is 5.69 Å². The van der Waals surface area contributed by atoms with E-state index >= 15 is 0 Å². The average molecular weight is 308 g/mol. The second-order valence-electron chi connectivity index (χ2n) is 5.73. The van der Waals surface area contributed by atoms with Gasteiger partial charge in [0.1, 0.15) is 0 Å². The number of fused-ring (bicyclic) bond motifs is 1. The number of hydrogen-bond acceptors (Lipinski definition) is 3. The summed E-state index contributed by atoms with van der Waals surface area (Å²) in [5.74, 6) is 0.00624. The Morgan fingerprint density at radius 1 is 1.17 bits per heavy atom. The van der Waals surface area contributed by atoms with Gasteiger partial charge in [-0.3, -0.25) is 4.79 Å². The number of para-hydroxylation sites is 1. The largest absolute Gasteiger partial charge is 0.326 e. The number of anilines is 1. The fraction of sp³-hybridized carbons (Fsp3) is 0.278. The minimum absolute atomic E-state index is 0.00624. The van der Waals surface area contributed by atoms with Gasteiger partial charge in [0.2, 0.25) is 5.91 Å². The molecule has 0 spiro atoms. The van der Waals surface area contributed by atoms with Gasteiger partial charge in [0, 0.05) is 29.6 Å². The highest BCUT2D eigenvalue weighted by Gasteiger charge is 2.12. The van der Waals surface area contributed by atoms with Gasteiger partial charge in [-0.25, -0.2) is 9.50 Å². The third-order valence-corrected chi connectivity index (χ3v) is 3.95. The molecule has 0 bridgehead atoms. The highest BCUT2D eigenvalue weighted by Crippen LogP contribution is 2.17. The minimum Gasteiger partial charge on any atom is -0.326 e. The quantitative estimate of drug-likeness (QED) is 0.805. The van der Waals surface area contributed by atoms with Gasteiger partial charge in [-0.15, -0.1) is 0 Å². The van der Waals surface area contributed by atoms with Crippen LogP contribution in [0, 0.1) is 20.8 Å². The first-order chi connectivity index (χ1) is 11.0. The van der Waals surface area contributed by atoms with Crippen LogP contribution in [0.15, 0.2) is 36.4 Å². The Kier molecular flexibility index (Phi) is 4.10. The van der Waals surface area contributed by atoms with E-state index in [9.17, 15) is 4.79 Å². The maximum atomic E-state index is 12.1. The number of carbonyl (C=O) groups is 1. The lowest BCUT2D eigenvalue weighted by atomic mass is 10.1. The number of aromatic nitrogens is 3. The zero-order valence-electron chi connectivity index (χ0n) is 13.6. The zero-order valence-corrected chi connectivity index (χ0v) is 13.6. The molecule has 0 aliphatic heterocycles. The van der Waals surface area contributed by atoms with E-state index in [2.05, 4.69) is 15.4 Å². The molecule has 0 fully saturated rings. The second kappa shape index (κ2) is 6.20. The van der Waals surface area contributed by atoms with E-state index in [1.165, 1.54) is 0 Å². The first-order valence-corrected chi connectivity index (χ1v) is 7.72. The number of nitrogens with zero attached hydrogens (tertiary/aromatic N) is 3. The molecule has 2 heterocycles. The smallest absolute Gasteiger partial charge is 0.224 e. The standard InChI is InChI=1S/C18H20N4O/c1-12-11-17-19-13(2)16(14(3)22(17)21-12)9-10-18(23)20-15-7-5-4-6-8-15/h4-8,11H,9-10H2,1-3H3,(H,20,23). The van der Waals surface area contributed by atoms with Crippen molar-refractivity contribution in [3.63, 3.8) is 0 Å². The summed E-state index contributed by atoms with van der Waals surface area (Å²) in [5.41, 5.74) is 5.72. The summed E-state index contributed by atoms with van der Waals surface area (Å²) in [6, 6.07) is 11.5. The van der Waals surface area contributed by atoms with E-state index in [4.69, 9.17) is 0 Å². The van der Waals surface area contributed by atoms with Gasteiger partial charge in [0.05, 0.1) is 5.69 Å². The molecule has 3 rings (SSSR count). The Morgan fingerprint density at radius 3 is 2.65 bits per heavy atom. The Morgan fingerprint density at radius 2 is 1.91 bits per heavy atom. The van der Waals surface area contributed by atoms with E-state index in [-0.39, 0.29) is 5.91 Å². The summed E-state index contributed by atoms with van der Waals surface area (Å²) in [4.78, 5) is 16.7. The molecule has 1 amide bonds. The fourth-order valence-electron chi connectivity index (χ4n) is 2.79. The van der Waals surface area contributed by atoms with E-state index in [1.807, 2.05) is 61.7 Å². The van der Waals surface area contributed by atoms with E-state index in [1.54, 1.807) is 0 Å². The SMILES string of the molecule is Cc1cc2nc(C)c(CCC(=O)Nc3ccccc3)c(C)n2n1. The van der Waals surface area contributed by atoms with Crippen LogP contribution in [0.25, 0.3) is 5.65 Å². The number of benzene rings is 1. The molecule has 118 valence electrons. The summed E-state index contributed by atoms with van der Waals surface area (Å²) < 4.78 is 1.85. The summed E-state index contributed by atoms with van der Waals surface area (Å²) in [6.07, 6.45) is 1.07. The number of rotatable bonds is 4. The molecule has 0 aliphatic rings. The van der Waals surface area contributed by atoms with Crippen LogP contribution in [0.3, 0.4) is 0 Å². The summed E-state index contributed by atoms with van der Waals surface area (Å²) in [5, 5.41) is 7.37. The Labute approximate surface area is 135 Å². The lowest BCUT2D eigenvalue weighted by molar-refractivity contribution is -0.116. The lowest BCUT2D eigenvalue weighted by Crippen LogP contribution is -2.14. The molecular formula is C18H20N4O. The predicted octanol–water partition coefficient (Wildman–Crippen LogP) is 3.23. The van der Waals surface area contributed by atoms with Crippen molar-refractivity contribution in [2.45, 2.75) is 33.6 Å². The van der Waals surface area contributed by atoms with Crippen LogP contribution < -0.4 is 5.32 Å². The zero-order chi connectivity index (χ0) is 16.4. The molecule has 3 aromatic rings. The third kappa shape index (κ3) is 3.23. The van der Waals surface area contributed by atoms with Gasteiger partial charge in [-0.2, -0.15) is 5.10 Å². The molecule has 5 heteroatoms. The molecule has 0 saturated heterocycles. The van der Waals surface area contributed by atoms with E-state index in [0.717, 1.165) is 34.0 Å². The number of aryl methyl sites for hydroxylation is 3. The minimum atomic E-state index is 0.00624. The molecule has 0 radical (unpaired) electrons. The van der Waals surface area contributed by atoms with Gasteiger partial charge in [0.15, 0.2) is 5.65 Å². The summed E-state index contributed by atoms with van der Waals surface area (Å²) in [6.45, 7) is 5.97. The molecule has 0 saturated carbocycles. The van der Waals surface area contributed by atoms with E-state index < -0.39 is 0 Å². The molecule has 0 aliphatic carbocycles.